The van der Waals surface area contributed by atoms with Gasteiger partial charge in [0.2, 0.25) is 0 Å². The van der Waals surface area contributed by atoms with E-state index in [-0.39, 0.29) is 11.3 Å². The maximum atomic E-state index is 7.31. The van der Waals surface area contributed by atoms with Crippen molar-refractivity contribution in [3.63, 3.8) is 0 Å². The zero-order valence-electron chi connectivity index (χ0n) is 53.8. The van der Waals surface area contributed by atoms with Crippen LogP contribution >= 0.6 is 0 Å². The third kappa shape index (κ3) is 6.70. The van der Waals surface area contributed by atoms with Gasteiger partial charge >= 0.3 is 0 Å². The first-order valence-electron chi connectivity index (χ1n) is 33.8. The summed E-state index contributed by atoms with van der Waals surface area (Å²) in [5.74, 6) is 0.156. The van der Waals surface area contributed by atoms with Crippen molar-refractivity contribution >= 4 is 43.9 Å². The molecule has 13 aromatic carbocycles. The van der Waals surface area contributed by atoms with Crippen LogP contribution in [0.2, 0.25) is 0 Å². The summed E-state index contributed by atoms with van der Waals surface area (Å²) in [5, 5.41) is 4.74. The van der Waals surface area contributed by atoms with Gasteiger partial charge in [0, 0.05) is 43.5 Å². The second kappa shape index (κ2) is 18.8. The third-order valence-corrected chi connectivity index (χ3v) is 23.3. The molecule has 3 atom stereocenters. The Morgan fingerprint density at radius 1 is 0.340 bits per heavy atom. The van der Waals surface area contributed by atoms with Crippen LogP contribution in [0.15, 0.2) is 282 Å². The van der Waals surface area contributed by atoms with Gasteiger partial charge in [0.15, 0.2) is 0 Å². The molecular formula is C92H68O2. The van der Waals surface area contributed by atoms with Crippen LogP contribution < -0.4 is 0 Å². The van der Waals surface area contributed by atoms with Crippen LogP contribution in [0, 0.1) is 0 Å². The van der Waals surface area contributed by atoms with Crippen molar-refractivity contribution in [2.45, 2.75) is 87.4 Å². The molecule has 0 saturated heterocycles. The van der Waals surface area contributed by atoms with E-state index in [2.05, 4.69) is 315 Å². The van der Waals surface area contributed by atoms with Gasteiger partial charge in [0.05, 0.1) is 10.8 Å². The highest BCUT2D eigenvalue weighted by molar-refractivity contribution is 6.23. The second-order valence-electron chi connectivity index (χ2n) is 29.3. The predicted octanol–water partition coefficient (Wildman–Crippen LogP) is 23.0. The van der Waals surface area contributed by atoms with Gasteiger partial charge in [0.25, 0.3) is 0 Å². The van der Waals surface area contributed by atoms with Crippen molar-refractivity contribution in [2.24, 2.45) is 0 Å². The van der Waals surface area contributed by atoms with Gasteiger partial charge in [-0.05, 0) is 171 Å². The number of hydrogen-bond acceptors (Lipinski definition) is 2. The molecular weight excluding hydrogens is 1140 g/mol. The van der Waals surface area contributed by atoms with E-state index in [1.807, 2.05) is 0 Å². The van der Waals surface area contributed by atoms with Crippen molar-refractivity contribution in [3.8, 4) is 44.5 Å². The van der Waals surface area contributed by atoms with E-state index in [9.17, 15) is 0 Å². The summed E-state index contributed by atoms with van der Waals surface area (Å²) in [6.07, 6.45) is 1.72. The van der Waals surface area contributed by atoms with E-state index in [1.165, 1.54) is 155 Å². The average Bonchev–Trinajstić information content (AvgIpc) is 1.45. The van der Waals surface area contributed by atoms with E-state index in [1.54, 1.807) is 0 Å². The first kappa shape index (κ1) is 54.1. The first-order chi connectivity index (χ1) is 45.9. The van der Waals surface area contributed by atoms with Crippen molar-refractivity contribution < 1.29 is 8.83 Å². The summed E-state index contributed by atoms with van der Waals surface area (Å²) in [6.45, 7) is 14.5. The number of para-hydroxylation sites is 2. The number of fused-ring (bicyclic) bond motifs is 26. The van der Waals surface area contributed by atoms with Crippen LogP contribution in [0.25, 0.3) is 88.4 Å². The highest BCUT2D eigenvalue weighted by Gasteiger charge is 2.61. The largest absolute Gasteiger partial charge is 0.455 e. The number of rotatable bonds is 8. The Morgan fingerprint density at radius 3 is 1.30 bits per heavy atom. The lowest BCUT2D eigenvalue weighted by atomic mass is 9.55. The molecule has 0 bridgehead atoms. The minimum atomic E-state index is -0.611. The topological polar surface area (TPSA) is 26.3 Å². The molecule has 2 nitrogen and oxygen atoms in total. The van der Waals surface area contributed by atoms with Crippen LogP contribution in [-0.4, -0.2) is 0 Å². The van der Waals surface area contributed by atoms with E-state index in [0.717, 1.165) is 40.6 Å². The van der Waals surface area contributed by atoms with E-state index in [4.69, 9.17) is 8.83 Å². The summed E-state index contributed by atoms with van der Waals surface area (Å²) in [6, 6.07) is 104. The van der Waals surface area contributed by atoms with Crippen LogP contribution in [0.3, 0.4) is 0 Å². The smallest absolute Gasteiger partial charge is 0.144 e. The maximum Gasteiger partial charge on any atom is 0.144 e. The molecule has 20 rings (SSSR count). The van der Waals surface area contributed by atoms with Gasteiger partial charge in [-0.3, -0.25) is 0 Å². The minimum Gasteiger partial charge on any atom is -0.455 e. The maximum absolute atomic E-state index is 7.31. The molecule has 0 spiro atoms. The van der Waals surface area contributed by atoms with Crippen LogP contribution in [0.4, 0.5) is 0 Å². The van der Waals surface area contributed by atoms with E-state index in [0.29, 0.717) is 0 Å². The van der Waals surface area contributed by atoms with Crippen molar-refractivity contribution in [2.75, 3.05) is 0 Å². The standard InChI is InChI=1S/C92H68O2/c1-88(2,3)58-46-44-56(45-47-58)57(50-54-42-48-64-72(52-54)89(4,5)82-80(64)86-78(66-34-18-24-40-74(66)93-86)76-62-32-16-20-36-68(62)91(84(76)82,59-26-10-7-11-27-59)60-28-12-8-13-29-60)51-55-43-49-65-73(53-55)90(6)70-38-22-23-39-71(70)92(61-30-14-9-15-31-61)69-37-21-17-33-63(69)77-79-67-35-19-25-41-75(67)94-87(79)81(65)83(90)85(77)92/h7-49,52-53,57H,50-51H2,1-6H3/t57-,90?,92?/m0/s1. The summed E-state index contributed by atoms with van der Waals surface area (Å²) in [7, 11) is 0. The van der Waals surface area contributed by atoms with E-state index >= 15 is 0 Å². The molecule has 2 aromatic heterocycles. The normalized spacial score (nSPS) is 18.0. The first-order valence-corrected chi connectivity index (χ1v) is 33.8. The fraction of sp³-hybridized carbons (Fsp3) is 0.152. The van der Waals surface area contributed by atoms with Crippen LogP contribution in [0.1, 0.15) is 142 Å². The van der Waals surface area contributed by atoms with Crippen LogP contribution in [0.5, 0.6) is 0 Å². The Bertz CT molecular complexity index is 5710. The number of hydrogen-bond donors (Lipinski definition) is 0. The Labute approximate surface area is 548 Å². The van der Waals surface area contributed by atoms with Gasteiger partial charge in [0.1, 0.15) is 22.3 Å². The molecule has 0 saturated carbocycles. The Kier molecular flexibility index (Phi) is 10.8. The average molecular weight is 1210 g/mol. The minimum absolute atomic E-state index is 0.0195. The summed E-state index contributed by atoms with van der Waals surface area (Å²) in [5.41, 5.74) is 34.7. The second-order valence-corrected chi connectivity index (χ2v) is 29.3. The molecule has 0 N–H and O–H groups in total. The molecule has 0 fully saturated rings. The lowest BCUT2D eigenvalue weighted by Gasteiger charge is -2.46. The Hall–Kier alpha value is -10.5. The Balaban J connectivity index is 0.775. The molecule has 94 heavy (non-hydrogen) atoms. The molecule has 448 valence electrons. The summed E-state index contributed by atoms with van der Waals surface area (Å²) >= 11 is 0. The van der Waals surface area contributed by atoms with Crippen molar-refractivity contribution in [1.82, 2.24) is 0 Å². The molecule has 2 unspecified atom stereocenters. The molecule has 2 heterocycles. The lowest BCUT2D eigenvalue weighted by molar-refractivity contribution is 0.588. The zero-order valence-corrected chi connectivity index (χ0v) is 53.8. The monoisotopic (exact) mass is 1200 g/mol. The van der Waals surface area contributed by atoms with Gasteiger partial charge in [-0.2, -0.15) is 0 Å². The molecule has 0 aliphatic heterocycles. The van der Waals surface area contributed by atoms with Crippen LogP contribution in [-0.2, 0) is 39.9 Å². The molecule has 2 heteroatoms. The molecule has 0 amide bonds. The molecule has 5 aliphatic carbocycles. The Morgan fingerprint density at radius 2 is 0.755 bits per heavy atom. The zero-order chi connectivity index (χ0) is 62.8. The highest BCUT2D eigenvalue weighted by Crippen LogP contribution is 2.72. The molecule has 15 aromatic rings. The predicted molar refractivity (Wildman–Crippen MR) is 386 cm³/mol. The fourth-order valence-corrected chi connectivity index (χ4v) is 19.5. The van der Waals surface area contributed by atoms with Crippen molar-refractivity contribution in [1.29, 1.82) is 0 Å². The molecule has 5 aliphatic rings. The highest BCUT2D eigenvalue weighted by atomic mass is 16.3. The lowest BCUT2D eigenvalue weighted by Crippen LogP contribution is -2.41. The number of benzene rings is 13. The summed E-state index contributed by atoms with van der Waals surface area (Å²) < 4.78 is 14.6. The quantitative estimate of drug-likeness (QED) is 0.152. The SMILES string of the molecule is CC(C)(C)c1ccc([C@@H](Cc2ccc3c(c2)C(C)(C)c2c4c(c5c(oc6ccccc65)c2-3)-c2ccccc2C4(c2ccccc2)c2ccccc2)Cc2ccc3c(c2)C2(C)c4ccccc4C4(c5ccccc5)c5ccccc5-c5c4c2c-3c2oc3ccccc3c52)cc1. The third-order valence-electron chi connectivity index (χ3n) is 23.3. The van der Waals surface area contributed by atoms with E-state index < -0.39 is 21.7 Å². The van der Waals surface area contributed by atoms with Gasteiger partial charge in [-0.25, -0.2) is 0 Å². The molecule has 0 radical (unpaired) electrons. The summed E-state index contributed by atoms with van der Waals surface area (Å²) in [4.78, 5) is 0. The number of furan rings is 2. The van der Waals surface area contributed by atoms with Gasteiger partial charge in [-0.1, -0.05) is 295 Å². The fourth-order valence-electron chi connectivity index (χ4n) is 19.5. The van der Waals surface area contributed by atoms with Crippen molar-refractivity contribution in [3.05, 3.63) is 368 Å². The van der Waals surface area contributed by atoms with Gasteiger partial charge < -0.3 is 8.83 Å². The van der Waals surface area contributed by atoms with Gasteiger partial charge in [-0.15, -0.1) is 0 Å².